The van der Waals surface area contributed by atoms with Gasteiger partial charge in [-0.1, -0.05) is 0 Å². The van der Waals surface area contributed by atoms with Gasteiger partial charge in [-0.25, -0.2) is 0 Å². The molecule has 0 saturated heterocycles. The van der Waals surface area contributed by atoms with Gasteiger partial charge in [0.2, 0.25) is 0 Å². The quantitative estimate of drug-likeness (QED) is 0.202. The Morgan fingerprint density at radius 3 is 1.44 bits per heavy atom. The van der Waals surface area contributed by atoms with Crippen molar-refractivity contribution in [1.29, 1.82) is 0 Å². The molecule has 4 aromatic carbocycles. The standard InChI is InChI=1S/C30H18Br2S.2CH3.Zr/c31-27-17-23(15-21-11-13-25(29(21)27)19-7-3-1-4-8-19)33-24-16-22-12-14-26(30(22)28(32)18-24)20-9-5-2-6-10-20;;;/h1-12,15-18,25-26H;2*1H3;. The Morgan fingerprint density at radius 2 is 1.03 bits per heavy atom. The molecule has 4 heteroatoms. The molecule has 0 amide bonds. The van der Waals surface area contributed by atoms with E-state index in [0.717, 1.165) is 0 Å². The van der Waals surface area contributed by atoms with Crippen LogP contribution in [0.5, 0.6) is 0 Å². The fourth-order valence-electron chi connectivity index (χ4n) is 6.37. The van der Waals surface area contributed by atoms with Crippen LogP contribution in [-0.2, 0) is 20.3 Å². The van der Waals surface area contributed by atoms with Crippen molar-refractivity contribution < 1.29 is 20.3 Å². The Bertz CT molecular complexity index is 1480. The zero-order valence-corrected chi connectivity index (χ0v) is 26.5. The number of fused-ring (bicyclic) bond motifs is 2. The first-order chi connectivity index (χ1) is 17.4. The minimum atomic E-state index is -3.08. The molecule has 2 atom stereocenters. The average Bonchev–Trinajstić information content (AvgIpc) is 3.46. The van der Waals surface area contributed by atoms with Crippen LogP contribution in [0.15, 0.2) is 110 Å². The van der Waals surface area contributed by atoms with Gasteiger partial charge in [-0.05, 0) is 0 Å². The molecule has 0 nitrogen and oxygen atoms in total. The van der Waals surface area contributed by atoms with E-state index in [4.69, 9.17) is 0 Å². The van der Waals surface area contributed by atoms with Crippen molar-refractivity contribution in [1.82, 2.24) is 0 Å². The predicted molar refractivity (Wildman–Crippen MR) is 157 cm³/mol. The molecule has 4 aromatic rings. The number of hydrogen-bond acceptors (Lipinski definition) is 1. The van der Waals surface area contributed by atoms with E-state index < -0.39 is 20.3 Å². The van der Waals surface area contributed by atoms with Crippen molar-refractivity contribution in [3.8, 4) is 0 Å². The molecule has 2 unspecified atom stereocenters. The molecule has 2 aliphatic carbocycles. The molecule has 7 rings (SSSR count). The van der Waals surface area contributed by atoms with E-state index in [-0.39, 0.29) is 0 Å². The van der Waals surface area contributed by atoms with Gasteiger partial charge in [0.15, 0.2) is 0 Å². The summed E-state index contributed by atoms with van der Waals surface area (Å²) in [5.74, 6) is 0.612. The summed E-state index contributed by atoms with van der Waals surface area (Å²) >= 11 is 6.82. The molecule has 0 spiro atoms. The summed E-state index contributed by atoms with van der Waals surface area (Å²) in [6, 6.07) is 31.8. The summed E-state index contributed by atoms with van der Waals surface area (Å²) in [6.07, 6.45) is 5.15. The maximum absolute atomic E-state index is 4.02. The predicted octanol–water partition coefficient (Wildman–Crippen LogP) is 10.6. The Hall–Kier alpha value is -1.45. The second-order valence-electron chi connectivity index (χ2n) is 10.4. The van der Waals surface area contributed by atoms with Crippen LogP contribution in [0.1, 0.15) is 45.2 Å². The van der Waals surface area contributed by atoms with E-state index in [1.165, 1.54) is 52.1 Å². The third kappa shape index (κ3) is 3.63. The van der Waals surface area contributed by atoms with Crippen LogP contribution in [-0.4, -0.2) is 0 Å². The van der Waals surface area contributed by atoms with Crippen LogP contribution in [0, 0.1) is 0 Å². The van der Waals surface area contributed by atoms with Crippen molar-refractivity contribution in [2.75, 3.05) is 0 Å². The van der Waals surface area contributed by atoms with Gasteiger partial charge in [0.25, 0.3) is 0 Å². The molecular formula is C32H24Br2SZr. The number of halogens is 2. The molecule has 0 N–H and O–H groups in total. The number of benzene rings is 4. The molecule has 1 heterocycles. The fraction of sp³-hybridized carbons (Fsp3) is 0.125. The summed E-state index contributed by atoms with van der Waals surface area (Å²) in [5, 5.41) is 0. The molecule has 36 heavy (non-hydrogen) atoms. The maximum atomic E-state index is 4.02. The Kier molecular flexibility index (Phi) is 5.78. The van der Waals surface area contributed by atoms with E-state index in [2.05, 4.69) is 138 Å². The van der Waals surface area contributed by atoms with E-state index in [0.29, 0.717) is 11.8 Å². The van der Waals surface area contributed by atoms with Crippen molar-refractivity contribution in [3.05, 3.63) is 134 Å². The van der Waals surface area contributed by atoms with Gasteiger partial charge < -0.3 is 0 Å². The third-order valence-corrected chi connectivity index (χ3v) is 19.5. The van der Waals surface area contributed by atoms with Crippen LogP contribution in [0.2, 0.25) is 9.26 Å². The van der Waals surface area contributed by atoms with Crippen LogP contribution < -0.4 is 0 Å². The van der Waals surface area contributed by atoms with Gasteiger partial charge in [0.05, 0.1) is 0 Å². The fourth-order valence-corrected chi connectivity index (χ4v) is 17.5. The van der Waals surface area contributed by atoms with E-state index in [1.54, 1.807) is 6.56 Å². The van der Waals surface area contributed by atoms with Crippen LogP contribution >= 0.6 is 43.6 Å². The van der Waals surface area contributed by atoms with Crippen molar-refractivity contribution in [2.45, 2.75) is 30.9 Å². The summed E-state index contributed by atoms with van der Waals surface area (Å²) < 4.78 is 11.1. The summed E-state index contributed by atoms with van der Waals surface area (Å²) in [5.41, 5.74) is 8.44. The number of allylic oxidation sites excluding steroid dienone is 2. The van der Waals surface area contributed by atoms with E-state index >= 15 is 0 Å². The molecule has 0 radical (unpaired) electrons. The van der Waals surface area contributed by atoms with E-state index in [9.17, 15) is 0 Å². The van der Waals surface area contributed by atoms with Gasteiger partial charge in [0.1, 0.15) is 0 Å². The molecule has 6 bridgehead atoms. The Labute approximate surface area is 238 Å². The molecule has 176 valence electrons. The second-order valence-corrected chi connectivity index (χ2v) is 24.1. The zero-order valence-electron chi connectivity index (χ0n) is 20.1. The van der Waals surface area contributed by atoms with Crippen molar-refractivity contribution >= 4 is 55.8 Å². The summed E-state index contributed by atoms with van der Waals surface area (Å²) in [4.78, 5) is 2.57. The van der Waals surface area contributed by atoms with Gasteiger partial charge in [-0.2, -0.15) is 0 Å². The van der Waals surface area contributed by atoms with Gasteiger partial charge in [-0.3, -0.25) is 0 Å². The molecule has 1 aliphatic heterocycles. The first-order valence-electron chi connectivity index (χ1n) is 12.3. The third-order valence-electron chi connectivity index (χ3n) is 8.04. The topological polar surface area (TPSA) is 0 Å². The summed E-state index contributed by atoms with van der Waals surface area (Å²) in [6.45, 7) is 0. The number of hydrogen-bond donors (Lipinski definition) is 0. The van der Waals surface area contributed by atoms with Crippen LogP contribution in [0.25, 0.3) is 12.2 Å². The van der Waals surface area contributed by atoms with Gasteiger partial charge >= 0.3 is 241 Å². The molecule has 0 aromatic heterocycles. The Balaban J connectivity index is 1.53. The van der Waals surface area contributed by atoms with Crippen molar-refractivity contribution in [3.63, 3.8) is 0 Å². The minimum absolute atomic E-state index is 0.306. The first-order valence-corrected chi connectivity index (χ1v) is 22.1. The molecular weight excluding hydrogens is 667 g/mol. The van der Waals surface area contributed by atoms with E-state index in [1.807, 2.05) is 11.8 Å². The van der Waals surface area contributed by atoms with Crippen LogP contribution in [0.4, 0.5) is 0 Å². The first kappa shape index (κ1) is 23.7. The zero-order chi connectivity index (χ0) is 24.6. The van der Waals surface area contributed by atoms with Crippen LogP contribution in [0.3, 0.4) is 0 Å². The van der Waals surface area contributed by atoms with Gasteiger partial charge in [-0.15, -0.1) is 0 Å². The molecule has 0 saturated carbocycles. The monoisotopic (exact) mass is 688 g/mol. The van der Waals surface area contributed by atoms with Crippen molar-refractivity contribution in [2.24, 2.45) is 0 Å². The Morgan fingerprint density at radius 1 is 0.611 bits per heavy atom. The normalized spacial score (nSPS) is 20.7. The molecule has 3 aliphatic rings. The number of rotatable bonds is 2. The second kappa shape index (κ2) is 8.80. The SMILES string of the molecule is [CH3][Zr]1([CH3])[C]2=Cc3cc(cc(Br)c3C2c2ccccc2)Sc2cc(Br)c3c(c2)C=[C]1C3c1ccccc1. The van der Waals surface area contributed by atoms with Gasteiger partial charge in [0, 0.05) is 0 Å². The average molecular weight is 692 g/mol. The molecule has 0 fully saturated rings. The summed E-state index contributed by atoms with van der Waals surface area (Å²) in [7, 11) is 0.